The van der Waals surface area contributed by atoms with Gasteiger partial charge in [0.15, 0.2) is 0 Å². The van der Waals surface area contributed by atoms with Gasteiger partial charge in [0, 0.05) is 17.8 Å². The summed E-state index contributed by atoms with van der Waals surface area (Å²) in [6.45, 7) is 2.70. The van der Waals surface area contributed by atoms with E-state index >= 15 is 0 Å². The van der Waals surface area contributed by atoms with Crippen LogP contribution in [0.15, 0.2) is 24.3 Å². The molecule has 0 unspecified atom stereocenters. The first-order chi connectivity index (χ1) is 11.9. The highest BCUT2D eigenvalue weighted by atomic mass is 32.2. The number of hydrogen-bond acceptors (Lipinski definition) is 4. The molecule has 0 aliphatic heterocycles. The molecule has 0 aromatic heterocycles. The van der Waals surface area contributed by atoms with Crippen molar-refractivity contribution in [2.24, 2.45) is 0 Å². The quantitative estimate of drug-likeness (QED) is 0.745. The molecule has 0 atom stereocenters. The first kappa shape index (κ1) is 19.8. The zero-order chi connectivity index (χ0) is 18.3. The Kier molecular flexibility index (Phi) is 7.32. The van der Waals surface area contributed by atoms with Gasteiger partial charge in [-0.05, 0) is 46.0 Å². The number of aryl methyl sites for hydroxylation is 1. The van der Waals surface area contributed by atoms with Crippen molar-refractivity contribution in [3.05, 3.63) is 29.8 Å². The Morgan fingerprint density at radius 1 is 1.08 bits per heavy atom. The van der Waals surface area contributed by atoms with Crippen LogP contribution in [0, 0.1) is 6.92 Å². The third kappa shape index (κ3) is 6.04. The molecule has 1 fully saturated rings. The fourth-order valence-corrected chi connectivity index (χ4v) is 3.85. The largest absolute Gasteiger partial charge is 0.354 e. The first-order valence-electron chi connectivity index (χ1n) is 8.80. The van der Waals surface area contributed by atoms with E-state index in [4.69, 9.17) is 0 Å². The van der Waals surface area contributed by atoms with Crippen LogP contribution in [0.5, 0.6) is 0 Å². The van der Waals surface area contributed by atoms with E-state index in [2.05, 4.69) is 29.6 Å². The monoisotopic (exact) mass is 363 g/mol. The van der Waals surface area contributed by atoms with Gasteiger partial charge in [0.25, 0.3) is 0 Å². The lowest BCUT2D eigenvalue weighted by molar-refractivity contribution is -0.119. The Balaban J connectivity index is 1.66. The summed E-state index contributed by atoms with van der Waals surface area (Å²) >= 11 is 1.34. The highest BCUT2D eigenvalue weighted by molar-refractivity contribution is 8.00. The van der Waals surface area contributed by atoms with Crippen LogP contribution in [0.2, 0.25) is 0 Å². The fraction of sp³-hybridized carbons (Fsp3) is 0.579. The molecule has 0 bridgehead atoms. The van der Waals surface area contributed by atoms with Gasteiger partial charge in [0.1, 0.15) is 0 Å². The third-order valence-corrected chi connectivity index (χ3v) is 5.83. The molecule has 2 N–H and O–H groups in total. The number of likely N-dealkylation sites (N-methyl/N-ethyl adjacent to an activating group) is 1. The number of thioether (sulfide) groups is 1. The second-order valence-electron chi connectivity index (χ2n) is 7.01. The summed E-state index contributed by atoms with van der Waals surface area (Å²) in [6, 6.07) is 7.68. The molecule has 1 aliphatic rings. The van der Waals surface area contributed by atoms with E-state index in [9.17, 15) is 9.59 Å². The van der Waals surface area contributed by atoms with E-state index in [-0.39, 0.29) is 23.1 Å². The highest BCUT2D eigenvalue weighted by Gasteiger charge is 2.35. The van der Waals surface area contributed by atoms with Crippen LogP contribution in [-0.4, -0.2) is 54.4 Å². The normalized spacial score (nSPS) is 16.0. The highest BCUT2D eigenvalue weighted by Crippen LogP contribution is 2.33. The van der Waals surface area contributed by atoms with Gasteiger partial charge < -0.3 is 15.5 Å². The minimum atomic E-state index is -0.0813. The van der Waals surface area contributed by atoms with Gasteiger partial charge >= 0.3 is 0 Å². The molecule has 0 heterocycles. The van der Waals surface area contributed by atoms with Crippen LogP contribution in [0.4, 0.5) is 5.69 Å². The molecule has 2 rings (SSSR count). The molecule has 25 heavy (non-hydrogen) atoms. The Morgan fingerprint density at radius 2 is 1.68 bits per heavy atom. The number of carbonyl (C=O) groups is 2. The van der Waals surface area contributed by atoms with Crippen LogP contribution >= 0.6 is 11.8 Å². The molecule has 0 spiro atoms. The summed E-state index contributed by atoms with van der Waals surface area (Å²) in [5.41, 5.74) is 2.04. The maximum absolute atomic E-state index is 12.1. The summed E-state index contributed by atoms with van der Waals surface area (Å²) in [5.74, 6) is 0.508. The van der Waals surface area contributed by atoms with Crippen LogP contribution in [0.3, 0.4) is 0 Å². The van der Waals surface area contributed by atoms with E-state index in [1.54, 1.807) is 0 Å². The van der Waals surface area contributed by atoms with Crippen LogP contribution < -0.4 is 10.6 Å². The van der Waals surface area contributed by atoms with Gasteiger partial charge in [0.2, 0.25) is 11.8 Å². The number of benzene rings is 1. The average molecular weight is 364 g/mol. The molecule has 0 radical (unpaired) electrons. The number of carbonyl (C=O) groups excluding carboxylic acids is 2. The van der Waals surface area contributed by atoms with Gasteiger partial charge in [-0.1, -0.05) is 30.5 Å². The third-order valence-electron chi connectivity index (χ3n) is 4.90. The zero-order valence-corrected chi connectivity index (χ0v) is 16.2. The molecule has 6 heteroatoms. The Hall–Kier alpha value is -1.53. The summed E-state index contributed by atoms with van der Waals surface area (Å²) < 4.78 is 0. The number of anilines is 1. The van der Waals surface area contributed by atoms with Crippen molar-refractivity contribution in [1.29, 1.82) is 0 Å². The number of nitrogens with zero attached hydrogens (tertiary/aromatic N) is 1. The summed E-state index contributed by atoms with van der Waals surface area (Å²) in [7, 11) is 4.17. The van der Waals surface area contributed by atoms with E-state index < -0.39 is 0 Å². The van der Waals surface area contributed by atoms with Gasteiger partial charge in [-0.2, -0.15) is 0 Å². The van der Waals surface area contributed by atoms with Crippen LogP contribution in [0.1, 0.15) is 31.2 Å². The molecule has 0 saturated heterocycles. The number of hydrogen-bond donors (Lipinski definition) is 2. The molecule has 1 aromatic rings. The van der Waals surface area contributed by atoms with Crippen molar-refractivity contribution in [2.45, 2.75) is 38.1 Å². The average Bonchev–Trinajstić information content (AvgIpc) is 3.05. The van der Waals surface area contributed by atoms with Crippen molar-refractivity contribution in [3.63, 3.8) is 0 Å². The molecule has 1 aliphatic carbocycles. The van der Waals surface area contributed by atoms with Crippen LogP contribution in [0.25, 0.3) is 0 Å². The molecule has 2 amide bonds. The van der Waals surface area contributed by atoms with Crippen molar-refractivity contribution >= 4 is 29.3 Å². The predicted octanol–water partition coefficient (Wildman–Crippen LogP) is 2.66. The van der Waals surface area contributed by atoms with Gasteiger partial charge in [0.05, 0.1) is 11.5 Å². The maximum atomic E-state index is 12.1. The zero-order valence-electron chi connectivity index (χ0n) is 15.4. The lowest BCUT2D eigenvalue weighted by Gasteiger charge is -2.36. The first-order valence-corrected chi connectivity index (χ1v) is 9.95. The smallest absolute Gasteiger partial charge is 0.234 e. The topological polar surface area (TPSA) is 61.4 Å². The molecule has 138 valence electrons. The molecule has 5 nitrogen and oxygen atoms in total. The maximum Gasteiger partial charge on any atom is 0.234 e. The SMILES string of the molecule is Cc1ccc(NC(=O)CSCC(=O)NCC2(N(C)C)CCCC2)cc1. The van der Waals surface area contributed by atoms with Crippen LogP contribution in [-0.2, 0) is 9.59 Å². The Bertz CT molecular complexity index is 581. The van der Waals surface area contributed by atoms with E-state index in [0.29, 0.717) is 12.3 Å². The second kappa shape index (κ2) is 9.25. The van der Waals surface area contributed by atoms with Crippen molar-refractivity contribution in [2.75, 3.05) is 37.5 Å². The van der Waals surface area contributed by atoms with E-state index in [0.717, 1.165) is 24.1 Å². The number of amides is 2. The lowest BCUT2D eigenvalue weighted by Crippen LogP contribution is -2.51. The predicted molar refractivity (Wildman–Crippen MR) is 105 cm³/mol. The summed E-state index contributed by atoms with van der Waals surface area (Å²) in [5, 5.41) is 5.89. The van der Waals surface area contributed by atoms with Crippen molar-refractivity contribution in [3.8, 4) is 0 Å². The van der Waals surface area contributed by atoms with Gasteiger partial charge in [-0.3, -0.25) is 9.59 Å². The molecule has 1 aromatic carbocycles. The Morgan fingerprint density at radius 3 is 2.28 bits per heavy atom. The summed E-state index contributed by atoms with van der Waals surface area (Å²) in [4.78, 5) is 26.2. The van der Waals surface area contributed by atoms with E-state index in [1.807, 2.05) is 31.2 Å². The second-order valence-corrected chi connectivity index (χ2v) is 8.00. The molecular formula is C19H29N3O2S. The Labute approximate surface area is 154 Å². The molecule has 1 saturated carbocycles. The number of nitrogens with one attached hydrogen (secondary N) is 2. The standard InChI is InChI=1S/C19H29N3O2S/c1-15-6-8-16(9-7-15)21-18(24)13-25-12-17(23)20-14-19(22(2)3)10-4-5-11-19/h6-9H,4-5,10-14H2,1-3H3,(H,20,23)(H,21,24). The fourth-order valence-electron chi connectivity index (χ4n) is 3.20. The lowest BCUT2D eigenvalue weighted by atomic mass is 9.96. The van der Waals surface area contributed by atoms with Crippen molar-refractivity contribution in [1.82, 2.24) is 10.2 Å². The van der Waals surface area contributed by atoms with Crippen molar-refractivity contribution < 1.29 is 9.59 Å². The van der Waals surface area contributed by atoms with Gasteiger partial charge in [-0.25, -0.2) is 0 Å². The number of rotatable bonds is 8. The van der Waals surface area contributed by atoms with E-state index in [1.165, 1.54) is 24.6 Å². The van der Waals surface area contributed by atoms with Gasteiger partial charge in [-0.15, -0.1) is 11.8 Å². The minimum Gasteiger partial charge on any atom is -0.354 e. The molecular weight excluding hydrogens is 334 g/mol. The minimum absolute atomic E-state index is 0.00117. The summed E-state index contributed by atoms with van der Waals surface area (Å²) in [6.07, 6.45) is 4.71.